The highest BCUT2D eigenvalue weighted by Gasteiger charge is 2.21. The van der Waals surface area contributed by atoms with E-state index >= 15 is 0 Å². The van der Waals surface area contributed by atoms with Gasteiger partial charge < -0.3 is 5.32 Å². The fraction of sp³-hybridized carbons (Fsp3) is 0.500. The lowest BCUT2D eigenvalue weighted by atomic mass is 9.94. The number of amides is 1. The summed E-state index contributed by atoms with van der Waals surface area (Å²) >= 11 is 0. The van der Waals surface area contributed by atoms with Crippen LogP contribution in [-0.4, -0.2) is 27.7 Å². The maximum absolute atomic E-state index is 11.8. The maximum Gasteiger partial charge on any atom is 0.271 e. The molecule has 0 saturated heterocycles. The first-order chi connectivity index (χ1) is 8.15. The molecule has 0 radical (unpaired) electrons. The third-order valence-electron chi connectivity index (χ3n) is 2.89. The summed E-state index contributed by atoms with van der Waals surface area (Å²) in [5.41, 5.74) is 1.11. The number of hydrogen-bond donors (Lipinski definition) is 1. The molecule has 90 valence electrons. The van der Waals surface area contributed by atoms with E-state index in [1.54, 1.807) is 6.20 Å². The first kappa shape index (κ1) is 11.7. The predicted octanol–water partition coefficient (Wildman–Crippen LogP) is 1.03. The van der Waals surface area contributed by atoms with Crippen molar-refractivity contribution in [2.75, 3.05) is 0 Å². The van der Waals surface area contributed by atoms with Crippen LogP contribution in [-0.2, 0) is 4.79 Å². The molecule has 1 aromatic rings. The Labute approximate surface area is 99.7 Å². The average molecular weight is 233 g/mol. The number of hydrogen-bond acceptors (Lipinski definition) is 4. The van der Waals surface area contributed by atoms with Crippen molar-refractivity contribution in [1.29, 1.82) is 0 Å². The Balaban J connectivity index is 1.93. The highest BCUT2D eigenvalue weighted by atomic mass is 16.2. The van der Waals surface area contributed by atoms with E-state index in [1.165, 1.54) is 6.20 Å². The van der Waals surface area contributed by atoms with Gasteiger partial charge in [0.15, 0.2) is 0 Å². The molecular formula is C12H15N3O2. The lowest BCUT2D eigenvalue weighted by molar-refractivity contribution is -0.120. The normalized spacial score (nSPS) is 16.9. The van der Waals surface area contributed by atoms with Crippen molar-refractivity contribution in [2.24, 2.45) is 0 Å². The van der Waals surface area contributed by atoms with Gasteiger partial charge in [-0.25, -0.2) is 4.98 Å². The van der Waals surface area contributed by atoms with Gasteiger partial charge in [-0.05, 0) is 19.8 Å². The van der Waals surface area contributed by atoms with Crippen molar-refractivity contribution in [3.05, 3.63) is 23.8 Å². The summed E-state index contributed by atoms with van der Waals surface area (Å²) < 4.78 is 0. The van der Waals surface area contributed by atoms with Crippen LogP contribution in [0, 0.1) is 6.92 Å². The minimum absolute atomic E-state index is 0.0864. The fourth-order valence-electron chi connectivity index (χ4n) is 1.85. The van der Waals surface area contributed by atoms with Crippen LogP contribution >= 0.6 is 0 Å². The number of nitrogens with one attached hydrogen (secondary N) is 1. The van der Waals surface area contributed by atoms with Crippen LogP contribution in [0.15, 0.2) is 12.4 Å². The second kappa shape index (κ2) is 5.03. The van der Waals surface area contributed by atoms with Gasteiger partial charge in [-0.3, -0.25) is 14.6 Å². The monoisotopic (exact) mass is 233 g/mol. The molecule has 0 aliphatic heterocycles. The molecule has 1 saturated carbocycles. The van der Waals surface area contributed by atoms with Crippen LogP contribution in [0.5, 0.6) is 0 Å². The van der Waals surface area contributed by atoms with Gasteiger partial charge in [0.05, 0.1) is 11.9 Å². The van der Waals surface area contributed by atoms with Crippen LogP contribution in [0.1, 0.15) is 41.9 Å². The molecule has 1 fully saturated rings. The van der Waals surface area contributed by atoms with Gasteiger partial charge in [0.2, 0.25) is 0 Å². The lowest BCUT2D eigenvalue weighted by Gasteiger charge is -2.21. The first-order valence-electron chi connectivity index (χ1n) is 5.76. The van der Waals surface area contributed by atoms with Gasteiger partial charge in [-0.1, -0.05) is 0 Å². The quantitative estimate of drug-likeness (QED) is 0.828. The van der Waals surface area contributed by atoms with E-state index in [0.717, 1.165) is 18.5 Å². The van der Waals surface area contributed by atoms with Gasteiger partial charge >= 0.3 is 0 Å². The van der Waals surface area contributed by atoms with E-state index in [1.807, 2.05) is 6.92 Å². The Bertz CT molecular complexity index is 418. The van der Waals surface area contributed by atoms with E-state index in [4.69, 9.17) is 0 Å². The molecule has 2 rings (SSSR count). The van der Waals surface area contributed by atoms with Crippen LogP contribution < -0.4 is 5.32 Å². The second-order valence-corrected chi connectivity index (χ2v) is 4.33. The number of aromatic nitrogens is 2. The third-order valence-corrected chi connectivity index (χ3v) is 2.89. The maximum atomic E-state index is 11.8. The van der Waals surface area contributed by atoms with Crippen molar-refractivity contribution in [3.8, 4) is 0 Å². The van der Waals surface area contributed by atoms with Crippen molar-refractivity contribution >= 4 is 11.7 Å². The molecule has 5 nitrogen and oxygen atoms in total. The third kappa shape index (κ3) is 3.09. The van der Waals surface area contributed by atoms with Gasteiger partial charge in [-0.2, -0.15) is 0 Å². The minimum Gasteiger partial charge on any atom is -0.348 e. The Kier molecular flexibility index (Phi) is 3.46. The molecular weight excluding hydrogens is 218 g/mol. The summed E-state index contributed by atoms with van der Waals surface area (Å²) in [4.78, 5) is 30.9. The molecule has 1 amide bonds. The topological polar surface area (TPSA) is 72.0 Å². The standard InChI is InChI=1S/C12H15N3O2/c1-8-6-14-11(7-13-8)12(17)15-9-2-4-10(16)5-3-9/h6-7,9H,2-5H2,1H3,(H,15,17). The first-order valence-corrected chi connectivity index (χ1v) is 5.76. The lowest BCUT2D eigenvalue weighted by Crippen LogP contribution is -2.38. The van der Waals surface area contributed by atoms with Crippen molar-refractivity contribution in [1.82, 2.24) is 15.3 Å². The predicted molar refractivity (Wildman–Crippen MR) is 61.5 cm³/mol. The minimum atomic E-state index is -0.211. The number of ketones is 1. The van der Waals surface area contributed by atoms with E-state index in [2.05, 4.69) is 15.3 Å². The molecule has 17 heavy (non-hydrogen) atoms. The Morgan fingerprint density at radius 2 is 2.00 bits per heavy atom. The number of aryl methyl sites for hydroxylation is 1. The number of carbonyl (C=O) groups excluding carboxylic acids is 2. The molecule has 5 heteroatoms. The number of carbonyl (C=O) groups is 2. The Morgan fingerprint density at radius 1 is 1.29 bits per heavy atom. The van der Waals surface area contributed by atoms with E-state index in [9.17, 15) is 9.59 Å². The Morgan fingerprint density at radius 3 is 2.59 bits per heavy atom. The van der Waals surface area contributed by atoms with Gasteiger partial charge in [-0.15, -0.1) is 0 Å². The summed E-state index contributed by atoms with van der Waals surface area (Å²) in [6, 6.07) is 0.0864. The summed E-state index contributed by atoms with van der Waals surface area (Å²) in [6.45, 7) is 1.82. The molecule has 1 heterocycles. The summed E-state index contributed by atoms with van der Waals surface area (Å²) in [5, 5.41) is 2.88. The summed E-state index contributed by atoms with van der Waals surface area (Å²) in [7, 11) is 0. The molecule has 1 aliphatic rings. The zero-order valence-corrected chi connectivity index (χ0v) is 9.77. The van der Waals surface area contributed by atoms with Crippen LogP contribution in [0.3, 0.4) is 0 Å². The molecule has 1 aliphatic carbocycles. The second-order valence-electron chi connectivity index (χ2n) is 4.33. The van der Waals surface area contributed by atoms with Gasteiger partial charge in [0, 0.05) is 25.1 Å². The van der Waals surface area contributed by atoms with Crippen molar-refractivity contribution in [2.45, 2.75) is 38.6 Å². The number of rotatable bonds is 2. The highest BCUT2D eigenvalue weighted by Crippen LogP contribution is 2.15. The van der Waals surface area contributed by atoms with E-state index in [-0.39, 0.29) is 17.7 Å². The molecule has 0 aromatic carbocycles. The summed E-state index contributed by atoms with van der Waals surface area (Å²) in [5.74, 6) is 0.0717. The smallest absolute Gasteiger partial charge is 0.271 e. The van der Waals surface area contributed by atoms with Crippen molar-refractivity contribution in [3.63, 3.8) is 0 Å². The SMILES string of the molecule is Cc1cnc(C(=O)NC2CCC(=O)CC2)cn1. The zero-order chi connectivity index (χ0) is 12.3. The fourth-order valence-corrected chi connectivity index (χ4v) is 1.85. The summed E-state index contributed by atoms with van der Waals surface area (Å²) in [6.07, 6.45) is 5.61. The van der Waals surface area contributed by atoms with E-state index in [0.29, 0.717) is 18.5 Å². The molecule has 0 bridgehead atoms. The Hall–Kier alpha value is -1.78. The van der Waals surface area contributed by atoms with Crippen LogP contribution in [0.4, 0.5) is 0 Å². The van der Waals surface area contributed by atoms with Crippen LogP contribution in [0.2, 0.25) is 0 Å². The molecule has 0 unspecified atom stereocenters. The average Bonchev–Trinajstić information content (AvgIpc) is 2.33. The van der Waals surface area contributed by atoms with Gasteiger partial charge in [0.25, 0.3) is 5.91 Å². The molecule has 1 N–H and O–H groups in total. The van der Waals surface area contributed by atoms with Crippen molar-refractivity contribution < 1.29 is 9.59 Å². The molecule has 1 aromatic heterocycles. The van der Waals surface area contributed by atoms with E-state index < -0.39 is 0 Å². The zero-order valence-electron chi connectivity index (χ0n) is 9.77. The largest absolute Gasteiger partial charge is 0.348 e. The number of Topliss-reactive ketones (excluding diaryl/α,β-unsaturated/α-hetero) is 1. The number of nitrogens with zero attached hydrogens (tertiary/aromatic N) is 2. The van der Waals surface area contributed by atoms with Gasteiger partial charge in [0.1, 0.15) is 11.5 Å². The molecule has 0 atom stereocenters. The van der Waals surface area contributed by atoms with Crippen LogP contribution in [0.25, 0.3) is 0 Å². The molecule has 0 spiro atoms. The highest BCUT2D eigenvalue weighted by molar-refractivity contribution is 5.92.